The first kappa shape index (κ1) is 14.5. The molecule has 0 aliphatic heterocycles. The molecule has 1 atom stereocenters. The summed E-state index contributed by atoms with van der Waals surface area (Å²) in [5.41, 5.74) is 2.28. The van der Waals surface area contributed by atoms with E-state index < -0.39 is 5.97 Å². The molecule has 2 N–H and O–H groups in total. The normalized spacial score (nSPS) is 12.2. The summed E-state index contributed by atoms with van der Waals surface area (Å²) >= 11 is 0. The van der Waals surface area contributed by atoms with Gasteiger partial charge in [0, 0.05) is 6.54 Å². The Morgan fingerprint density at radius 2 is 2.22 bits per heavy atom. The van der Waals surface area contributed by atoms with Crippen molar-refractivity contribution in [3.63, 3.8) is 0 Å². The van der Waals surface area contributed by atoms with Gasteiger partial charge in [-0.05, 0) is 37.1 Å². The Bertz CT molecular complexity index is 404. The molecule has 0 saturated carbocycles. The number of methoxy groups -OCH3 is 1. The molecule has 18 heavy (non-hydrogen) atoms. The number of aliphatic carboxylic acids is 1. The van der Waals surface area contributed by atoms with E-state index in [1.165, 1.54) is 5.56 Å². The summed E-state index contributed by atoms with van der Waals surface area (Å²) in [6, 6.07) is 6.04. The molecule has 0 aliphatic rings. The van der Waals surface area contributed by atoms with Gasteiger partial charge in [-0.2, -0.15) is 0 Å². The predicted octanol–water partition coefficient (Wildman–Crippen LogP) is 2.20. The van der Waals surface area contributed by atoms with Crippen LogP contribution in [-0.2, 0) is 11.3 Å². The van der Waals surface area contributed by atoms with Crippen molar-refractivity contribution in [2.45, 2.75) is 26.8 Å². The highest BCUT2D eigenvalue weighted by Crippen LogP contribution is 2.18. The maximum atomic E-state index is 10.6. The summed E-state index contributed by atoms with van der Waals surface area (Å²) in [5.74, 6) is -0.148. The Kier molecular flexibility index (Phi) is 5.65. The van der Waals surface area contributed by atoms with Gasteiger partial charge in [-0.1, -0.05) is 19.1 Å². The first-order valence-electron chi connectivity index (χ1n) is 6.11. The van der Waals surface area contributed by atoms with Crippen LogP contribution >= 0.6 is 0 Å². The molecule has 0 aliphatic carbocycles. The molecule has 1 unspecified atom stereocenters. The summed E-state index contributed by atoms with van der Waals surface area (Å²) in [5, 5.41) is 12.0. The minimum Gasteiger partial charge on any atom is -0.496 e. The highest BCUT2D eigenvalue weighted by Gasteiger charge is 2.09. The van der Waals surface area contributed by atoms with Crippen LogP contribution in [0.2, 0.25) is 0 Å². The van der Waals surface area contributed by atoms with Crippen LogP contribution in [0.1, 0.15) is 24.5 Å². The third-order valence-electron chi connectivity index (χ3n) is 2.96. The average Bonchev–Trinajstić information content (AvgIpc) is 2.34. The monoisotopic (exact) mass is 251 g/mol. The van der Waals surface area contributed by atoms with E-state index in [9.17, 15) is 4.79 Å². The van der Waals surface area contributed by atoms with E-state index in [1.807, 2.05) is 19.1 Å². The Morgan fingerprint density at radius 3 is 2.78 bits per heavy atom. The summed E-state index contributed by atoms with van der Waals surface area (Å²) in [6.07, 6.45) is 0.643. The summed E-state index contributed by atoms with van der Waals surface area (Å²) in [6.45, 7) is 5.19. The molecule has 100 valence electrons. The number of rotatable bonds is 7. The molecule has 4 heteroatoms. The van der Waals surface area contributed by atoms with Crippen LogP contribution in [0.3, 0.4) is 0 Å². The minimum atomic E-state index is -0.739. The van der Waals surface area contributed by atoms with Gasteiger partial charge in [0.25, 0.3) is 0 Å². The molecule has 1 rings (SSSR count). The van der Waals surface area contributed by atoms with Gasteiger partial charge in [-0.15, -0.1) is 0 Å². The number of nitrogens with one attached hydrogen (secondary N) is 1. The Balaban J connectivity index is 2.36. The van der Waals surface area contributed by atoms with E-state index in [0.717, 1.165) is 17.9 Å². The second-order valence-electron chi connectivity index (χ2n) is 4.51. The molecule has 0 bridgehead atoms. The number of carboxylic acids is 1. The lowest BCUT2D eigenvalue weighted by Gasteiger charge is -2.10. The summed E-state index contributed by atoms with van der Waals surface area (Å²) in [4.78, 5) is 10.6. The quantitative estimate of drug-likeness (QED) is 0.729. The largest absolute Gasteiger partial charge is 0.496 e. The van der Waals surface area contributed by atoms with E-state index in [1.54, 1.807) is 14.0 Å². The third-order valence-corrected chi connectivity index (χ3v) is 2.96. The fourth-order valence-corrected chi connectivity index (χ4v) is 1.73. The van der Waals surface area contributed by atoms with Crippen LogP contribution in [0.15, 0.2) is 18.2 Å². The fraction of sp³-hybridized carbons (Fsp3) is 0.500. The number of ether oxygens (including phenoxy) is 1. The maximum Gasteiger partial charge on any atom is 0.306 e. The predicted molar refractivity (Wildman–Crippen MR) is 70.9 cm³/mol. The van der Waals surface area contributed by atoms with Crippen molar-refractivity contribution in [2.75, 3.05) is 13.7 Å². The van der Waals surface area contributed by atoms with Crippen molar-refractivity contribution in [3.8, 4) is 5.75 Å². The fourth-order valence-electron chi connectivity index (χ4n) is 1.73. The smallest absolute Gasteiger partial charge is 0.306 e. The summed E-state index contributed by atoms with van der Waals surface area (Å²) in [7, 11) is 1.66. The third kappa shape index (κ3) is 4.37. The molecular weight excluding hydrogens is 230 g/mol. The number of aryl methyl sites for hydroxylation is 1. The van der Waals surface area contributed by atoms with Crippen molar-refractivity contribution in [3.05, 3.63) is 29.3 Å². The van der Waals surface area contributed by atoms with E-state index in [4.69, 9.17) is 9.84 Å². The zero-order valence-corrected chi connectivity index (χ0v) is 11.2. The number of hydrogen-bond donors (Lipinski definition) is 2. The highest BCUT2D eigenvalue weighted by molar-refractivity contribution is 5.69. The van der Waals surface area contributed by atoms with Crippen molar-refractivity contribution in [2.24, 2.45) is 5.92 Å². The number of carboxylic acid groups (broad SMARTS) is 1. The lowest BCUT2D eigenvalue weighted by molar-refractivity contribution is -0.141. The van der Waals surface area contributed by atoms with Crippen molar-refractivity contribution in [1.82, 2.24) is 5.32 Å². The van der Waals surface area contributed by atoms with Crippen LogP contribution in [0.5, 0.6) is 5.75 Å². The van der Waals surface area contributed by atoms with E-state index in [-0.39, 0.29) is 5.92 Å². The summed E-state index contributed by atoms with van der Waals surface area (Å²) < 4.78 is 5.20. The SMILES string of the molecule is COc1ccc(CNCCC(C)C(=O)O)cc1C. The van der Waals surface area contributed by atoms with Crippen LogP contribution in [0.25, 0.3) is 0 Å². The second kappa shape index (κ2) is 7.01. The van der Waals surface area contributed by atoms with Crippen molar-refractivity contribution < 1.29 is 14.6 Å². The molecule has 0 heterocycles. The lowest BCUT2D eigenvalue weighted by atomic mass is 10.1. The van der Waals surface area contributed by atoms with Gasteiger partial charge in [0.2, 0.25) is 0 Å². The van der Waals surface area contributed by atoms with E-state index >= 15 is 0 Å². The molecular formula is C14H21NO3. The molecule has 0 aromatic heterocycles. The van der Waals surface area contributed by atoms with Crippen molar-refractivity contribution >= 4 is 5.97 Å². The molecule has 0 fully saturated rings. The molecule has 0 radical (unpaired) electrons. The highest BCUT2D eigenvalue weighted by atomic mass is 16.5. The van der Waals surface area contributed by atoms with Gasteiger partial charge in [0.05, 0.1) is 13.0 Å². The van der Waals surface area contributed by atoms with Crippen LogP contribution in [0.4, 0.5) is 0 Å². The molecule has 0 saturated heterocycles. The first-order valence-corrected chi connectivity index (χ1v) is 6.11. The van der Waals surface area contributed by atoms with Gasteiger partial charge >= 0.3 is 5.97 Å². The minimum absolute atomic E-state index is 0.296. The molecule has 4 nitrogen and oxygen atoms in total. The Morgan fingerprint density at radius 1 is 1.50 bits per heavy atom. The molecule has 0 amide bonds. The lowest BCUT2D eigenvalue weighted by Crippen LogP contribution is -2.20. The second-order valence-corrected chi connectivity index (χ2v) is 4.51. The zero-order chi connectivity index (χ0) is 13.5. The number of hydrogen-bond acceptors (Lipinski definition) is 3. The van der Waals surface area contributed by atoms with Gasteiger partial charge in [-0.3, -0.25) is 4.79 Å². The van der Waals surface area contributed by atoms with Gasteiger partial charge in [0.15, 0.2) is 0 Å². The Labute approximate surface area is 108 Å². The van der Waals surface area contributed by atoms with Gasteiger partial charge < -0.3 is 15.2 Å². The van der Waals surface area contributed by atoms with Crippen LogP contribution in [-0.4, -0.2) is 24.7 Å². The standard InChI is InChI=1S/C14H21NO3/c1-10(14(16)17)6-7-15-9-12-4-5-13(18-3)11(2)8-12/h4-5,8,10,15H,6-7,9H2,1-3H3,(H,16,17). The van der Waals surface area contributed by atoms with Crippen LogP contribution in [0, 0.1) is 12.8 Å². The average molecular weight is 251 g/mol. The van der Waals surface area contributed by atoms with Crippen LogP contribution < -0.4 is 10.1 Å². The zero-order valence-electron chi connectivity index (χ0n) is 11.2. The molecule has 1 aromatic rings. The Hall–Kier alpha value is -1.55. The van der Waals surface area contributed by atoms with E-state index in [2.05, 4.69) is 11.4 Å². The first-order chi connectivity index (χ1) is 8.54. The van der Waals surface area contributed by atoms with Gasteiger partial charge in [0.1, 0.15) is 5.75 Å². The van der Waals surface area contributed by atoms with Gasteiger partial charge in [-0.25, -0.2) is 0 Å². The number of carbonyl (C=O) groups is 1. The number of benzene rings is 1. The van der Waals surface area contributed by atoms with Crippen molar-refractivity contribution in [1.29, 1.82) is 0 Å². The maximum absolute atomic E-state index is 10.6. The molecule has 1 aromatic carbocycles. The molecule has 0 spiro atoms. The topological polar surface area (TPSA) is 58.6 Å². The van der Waals surface area contributed by atoms with E-state index in [0.29, 0.717) is 13.0 Å².